The van der Waals surface area contributed by atoms with Gasteiger partial charge < -0.3 is 5.32 Å². The molecule has 0 saturated carbocycles. The molecule has 1 N–H and O–H groups in total. The minimum atomic E-state index is 0.112. The van der Waals surface area contributed by atoms with Crippen LogP contribution in [0.2, 0.25) is 0 Å². The van der Waals surface area contributed by atoms with Gasteiger partial charge in [0.2, 0.25) is 0 Å². The maximum atomic E-state index is 11.6. The molecule has 3 heteroatoms. The topological polar surface area (TPSA) is 42.0 Å². The monoisotopic (exact) mass is 188 g/mol. The summed E-state index contributed by atoms with van der Waals surface area (Å²) in [5.74, 6) is 1.01. The highest BCUT2D eigenvalue weighted by atomic mass is 16.1. The van der Waals surface area contributed by atoms with Crippen LogP contribution in [0.15, 0.2) is 36.2 Å². The number of nitrogens with zero attached hydrogens (tertiary/aromatic N) is 1. The van der Waals surface area contributed by atoms with Gasteiger partial charge in [-0.25, -0.2) is 4.98 Å². The van der Waals surface area contributed by atoms with Crippen LogP contribution in [0.1, 0.15) is 13.3 Å². The van der Waals surface area contributed by atoms with Gasteiger partial charge in [0, 0.05) is 12.1 Å². The van der Waals surface area contributed by atoms with E-state index in [1.54, 1.807) is 6.20 Å². The minimum Gasteiger partial charge on any atom is -0.338 e. The average molecular weight is 188 g/mol. The number of nitrogens with one attached hydrogen (secondary N) is 1. The first-order chi connectivity index (χ1) is 6.77. The van der Waals surface area contributed by atoms with Crippen molar-refractivity contribution in [3.8, 4) is 0 Å². The quantitative estimate of drug-likeness (QED) is 0.771. The Labute approximate surface area is 82.9 Å². The zero-order valence-electron chi connectivity index (χ0n) is 8.03. The number of carbonyl (C=O) groups is 1. The predicted molar refractivity (Wildman–Crippen MR) is 54.7 cm³/mol. The molecule has 1 atom stereocenters. The van der Waals surface area contributed by atoms with E-state index >= 15 is 0 Å². The summed E-state index contributed by atoms with van der Waals surface area (Å²) in [6.07, 6.45) is 4.46. The van der Waals surface area contributed by atoms with Gasteiger partial charge >= 0.3 is 0 Å². The van der Waals surface area contributed by atoms with Gasteiger partial charge in [0.1, 0.15) is 5.82 Å². The lowest BCUT2D eigenvalue weighted by Crippen LogP contribution is -2.12. The first-order valence-corrected chi connectivity index (χ1v) is 4.70. The largest absolute Gasteiger partial charge is 0.338 e. The molecule has 0 bridgehead atoms. The summed E-state index contributed by atoms with van der Waals surface area (Å²) in [7, 11) is 0. The molecule has 0 amide bonds. The average Bonchev–Trinajstić information content (AvgIpc) is 2.52. The van der Waals surface area contributed by atoms with Crippen molar-refractivity contribution < 1.29 is 4.79 Å². The number of anilines is 1. The molecule has 72 valence electrons. The van der Waals surface area contributed by atoms with E-state index in [1.807, 2.05) is 31.2 Å². The second kappa shape index (κ2) is 3.62. The number of hydrogen-bond donors (Lipinski definition) is 1. The van der Waals surface area contributed by atoms with E-state index in [-0.39, 0.29) is 11.7 Å². The third-order valence-corrected chi connectivity index (χ3v) is 2.32. The van der Waals surface area contributed by atoms with Gasteiger partial charge in [0.25, 0.3) is 0 Å². The van der Waals surface area contributed by atoms with Crippen LogP contribution in [0, 0.1) is 5.92 Å². The molecule has 1 aromatic heterocycles. The van der Waals surface area contributed by atoms with E-state index in [2.05, 4.69) is 10.3 Å². The Morgan fingerprint density at radius 3 is 2.93 bits per heavy atom. The summed E-state index contributed by atoms with van der Waals surface area (Å²) in [5.41, 5.74) is 0.677. The normalized spacial score (nSPS) is 20.8. The second-order valence-corrected chi connectivity index (χ2v) is 3.46. The van der Waals surface area contributed by atoms with Gasteiger partial charge in [-0.05, 0) is 18.6 Å². The van der Waals surface area contributed by atoms with Crippen molar-refractivity contribution in [3.05, 3.63) is 36.2 Å². The van der Waals surface area contributed by atoms with Crippen molar-refractivity contribution in [2.24, 2.45) is 5.92 Å². The molecular formula is C11H12N2O. The third-order valence-electron chi connectivity index (χ3n) is 2.32. The van der Waals surface area contributed by atoms with Crippen molar-refractivity contribution >= 4 is 11.6 Å². The van der Waals surface area contributed by atoms with Crippen molar-refractivity contribution in [1.29, 1.82) is 0 Å². The predicted octanol–water partition coefficient (Wildman–Crippen LogP) is 1.99. The second-order valence-electron chi connectivity index (χ2n) is 3.46. The number of rotatable bonds is 2. The van der Waals surface area contributed by atoms with Crippen molar-refractivity contribution in [3.63, 3.8) is 0 Å². The lowest BCUT2D eigenvalue weighted by atomic mass is 10.1. The molecule has 1 aromatic rings. The highest BCUT2D eigenvalue weighted by Crippen LogP contribution is 2.21. The van der Waals surface area contributed by atoms with Crippen LogP contribution in [0.25, 0.3) is 0 Å². The summed E-state index contributed by atoms with van der Waals surface area (Å²) in [6, 6.07) is 5.58. The van der Waals surface area contributed by atoms with Gasteiger partial charge in [0.05, 0.1) is 5.70 Å². The van der Waals surface area contributed by atoms with Crippen LogP contribution in [0.4, 0.5) is 5.82 Å². The smallest absolute Gasteiger partial charge is 0.181 e. The van der Waals surface area contributed by atoms with Crippen LogP contribution in [-0.4, -0.2) is 10.8 Å². The molecule has 1 heterocycles. The molecule has 0 saturated heterocycles. The Morgan fingerprint density at radius 1 is 1.50 bits per heavy atom. The van der Waals surface area contributed by atoms with Crippen LogP contribution in [0.5, 0.6) is 0 Å². The summed E-state index contributed by atoms with van der Waals surface area (Å²) < 4.78 is 0. The molecule has 1 unspecified atom stereocenters. The number of ketones is 1. The zero-order valence-corrected chi connectivity index (χ0v) is 8.03. The molecule has 2 rings (SSSR count). The molecule has 1 aliphatic rings. The summed E-state index contributed by atoms with van der Waals surface area (Å²) in [6.45, 7) is 1.94. The number of pyridine rings is 1. The third kappa shape index (κ3) is 1.66. The zero-order chi connectivity index (χ0) is 9.97. The van der Waals surface area contributed by atoms with E-state index in [0.29, 0.717) is 5.70 Å². The van der Waals surface area contributed by atoms with Crippen LogP contribution < -0.4 is 5.32 Å². The Kier molecular flexibility index (Phi) is 2.31. The molecule has 0 spiro atoms. The number of Topliss-reactive ketones (excluding diaryl/α,β-unsaturated/α-hetero) is 1. The lowest BCUT2D eigenvalue weighted by Gasteiger charge is -2.05. The molecule has 0 radical (unpaired) electrons. The van der Waals surface area contributed by atoms with E-state index in [1.165, 1.54) is 0 Å². The first kappa shape index (κ1) is 8.94. The summed E-state index contributed by atoms with van der Waals surface area (Å²) in [5, 5.41) is 3.02. The summed E-state index contributed by atoms with van der Waals surface area (Å²) in [4.78, 5) is 15.6. The minimum absolute atomic E-state index is 0.112. The molecular weight excluding hydrogens is 176 g/mol. The van der Waals surface area contributed by atoms with E-state index < -0.39 is 0 Å². The number of carbonyl (C=O) groups excluding carboxylic acids is 1. The Bertz CT molecular complexity index is 370. The van der Waals surface area contributed by atoms with Crippen LogP contribution in [-0.2, 0) is 4.79 Å². The van der Waals surface area contributed by atoms with Gasteiger partial charge in [-0.3, -0.25) is 4.79 Å². The maximum Gasteiger partial charge on any atom is 0.181 e. The van der Waals surface area contributed by atoms with Crippen molar-refractivity contribution in [1.82, 2.24) is 4.98 Å². The number of hydrogen-bond acceptors (Lipinski definition) is 3. The van der Waals surface area contributed by atoms with Crippen molar-refractivity contribution in [2.45, 2.75) is 13.3 Å². The van der Waals surface area contributed by atoms with E-state index in [9.17, 15) is 4.79 Å². The van der Waals surface area contributed by atoms with Gasteiger partial charge in [0.15, 0.2) is 5.78 Å². The van der Waals surface area contributed by atoms with Gasteiger partial charge in [-0.1, -0.05) is 19.1 Å². The highest BCUT2D eigenvalue weighted by Gasteiger charge is 2.23. The fraction of sp³-hybridized carbons (Fsp3) is 0.273. The molecule has 3 nitrogen and oxygen atoms in total. The Hall–Kier alpha value is -1.64. The van der Waals surface area contributed by atoms with Gasteiger partial charge in [-0.15, -0.1) is 0 Å². The number of allylic oxidation sites excluding steroid dienone is 2. The van der Waals surface area contributed by atoms with Gasteiger partial charge in [-0.2, -0.15) is 0 Å². The van der Waals surface area contributed by atoms with Crippen LogP contribution in [0.3, 0.4) is 0 Å². The molecule has 0 fully saturated rings. The maximum absolute atomic E-state index is 11.6. The first-order valence-electron chi connectivity index (χ1n) is 4.70. The molecule has 0 aromatic carbocycles. The van der Waals surface area contributed by atoms with Crippen molar-refractivity contribution in [2.75, 3.05) is 5.32 Å². The Balaban J connectivity index is 2.10. The standard InChI is InChI=1S/C11H12N2O/c1-8-5-6-9(11(8)14)13-10-4-2-3-7-12-10/h2-4,6-8H,5H2,1H3,(H,12,13). The SMILES string of the molecule is CC1CC=C(Nc2ccccn2)C1=O. The lowest BCUT2D eigenvalue weighted by molar-refractivity contribution is -0.117. The van der Waals surface area contributed by atoms with E-state index in [4.69, 9.17) is 0 Å². The summed E-state index contributed by atoms with van der Waals surface area (Å²) >= 11 is 0. The molecule has 0 aliphatic heterocycles. The van der Waals surface area contributed by atoms with Crippen LogP contribution >= 0.6 is 0 Å². The highest BCUT2D eigenvalue weighted by molar-refractivity contribution is 6.01. The fourth-order valence-corrected chi connectivity index (χ4v) is 1.46. The number of aromatic nitrogens is 1. The molecule has 14 heavy (non-hydrogen) atoms. The Morgan fingerprint density at radius 2 is 2.36 bits per heavy atom. The molecule has 1 aliphatic carbocycles. The fourth-order valence-electron chi connectivity index (χ4n) is 1.46. The van der Waals surface area contributed by atoms with E-state index in [0.717, 1.165) is 12.2 Å².